The summed E-state index contributed by atoms with van der Waals surface area (Å²) in [5.74, 6) is 0. The molecule has 12 heavy (non-hydrogen) atoms. The number of hydrogen-bond donors (Lipinski definition) is 1. The number of halogens is 1. The van der Waals surface area contributed by atoms with Gasteiger partial charge in [0.05, 0.1) is 0 Å². The van der Waals surface area contributed by atoms with Gasteiger partial charge in [0, 0.05) is 17.1 Å². The van der Waals surface area contributed by atoms with Crippen LogP contribution in [0, 0.1) is 0 Å². The summed E-state index contributed by atoms with van der Waals surface area (Å²) >= 11 is 5.70. The molecule has 0 amide bonds. The van der Waals surface area contributed by atoms with Crippen LogP contribution in [0.3, 0.4) is 0 Å². The van der Waals surface area contributed by atoms with Crippen molar-refractivity contribution in [2.45, 2.75) is 45.6 Å². The summed E-state index contributed by atoms with van der Waals surface area (Å²) in [5, 5.41) is 4.14. The van der Waals surface area contributed by atoms with Crippen LogP contribution in [0.2, 0.25) is 0 Å². The van der Waals surface area contributed by atoms with Crippen molar-refractivity contribution in [1.29, 1.82) is 0 Å². The maximum Gasteiger partial charge on any atom is 0.0312 e. The average molecular weight is 190 g/mol. The first kappa shape index (κ1) is 12.0. The van der Waals surface area contributed by atoms with E-state index in [-0.39, 0.29) is 5.54 Å². The third kappa shape index (κ3) is 3.59. The Hall–Kier alpha value is -0.0100. The van der Waals surface area contributed by atoms with Crippen molar-refractivity contribution in [2.75, 3.05) is 6.54 Å². The van der Waals surface area contributed by atoms with E-state index in [9.17, 15) is 0 Å². The first-order valence-electron chi connectivity index (χ1n) is 4.68. The highest BCUT2D eigenvalue weighted by atomic mass is 35.5. The fourth-order valence-corrected chi connectivity index (χ4v) is 1.48. The third-order valence-corrected chi connectivity index (χ3v) is 2.82. The minimum Gasteiger partial charge on any atom is -0.306 e. The maximum atomic E-state index is 5.70. The van der Waals surface area contributed by atoms with Gasteiger partial charge in [0.25, 0.3) is 0 Å². The molecule has 0 bridgehead atoms. The Bertz CT molecular complexity index is 131. The normalized spacial score (nSPS) is 11.7. The molecule has 0 aromatic carbocycles. The first-order valence-corrected chi connectivity index (χ1v) is 5.06. The largest absolute Gasteiger partial charge is 0.306 e. The van der Waals surface area contributed by atoms with Gasteiger partial charge in [-0.15, -0.1) is 0 Å². The Morgan fingerprint density at radius 2 is 1.67 bits per heavy atom. The smallest absolute Gasteiger partial charge is 0.0312 e. The fraction of sp³-hybridized carbons (Fsp3) is 0.800. The van der Waals surface area contributed by atoms with Gasteiger partial charge in [-0.3, -0.25) is 0 Å². The molecule has 0 aromatic heterocycles. The molecule has 0 aliphatic carbocycles. The minimum absolute atomic E-state index is 0.262. The molecule has 0 fully saturated rings. The van der Waals surface area contributed by atoms with E-state index in [0.717, 1.165) is 25.8 Å². The molecule has 0 aromatic rings. The van der Waals surface area contributed by atoms with Crippen molar-refractivity contribution < 1.29 is 0 Å². The molecule has 0 unspecified atom stereocenters. The Morgan fingerprint density at radius 3 is 1.92 bits per heavy atom. The van der Waals surface area contributed by atoms with Crippen LogP contribution in [0.25, 0.3) is 0 Å². The van der Waals surface area contributed by atoms with Crippen LogP contribution in [0.4, 0.5) is 0 Å². The average Bonchev–Trinajstić information content (AvgIpc) is 2.08. The van der Waals surface area contributed by atoms with E-state index < -0.39 is 0 Å². The van der Waals surface area contributed by atoms with Gasteiger partial charge < -0.3 is 5.32 Å². The standard InChI is InChI=1S/C10H20ClN/c1-5-10(6-2,7-3)12-8-9(4)11/h12H,4-8H2,1-3H3. The molecule has 0 radical (unpaired) electrons. The van der Waals surface area contributed by atoms with Crippen molar-refractivity contribution in [3.05, 3.63) is 11.6 Å². The van der Waals surface area contributed by atoms with E-state index in [2.05, 4.69) is 32.7 Å². The van der Waals surface area contributed by atoms with Gasteiger partial charge in [0.2, 0.25) is 0 Å². The lowest BCUT2D eigenvalue weighted by molar-refractivity contribution is 0.301. The second-order valence-corrected chi connectivity index (χ2v) is 3.75. The monoisotopic (exact) mass is 189 g/mol. The maximum absolute atomic E-state index is 5.70. The lowest BCUT2D eigenvalue weighted by atomic mass is 9.90. The van der Waals surface area contributed by atoms with Gasteiger partial charge in [-0.1, -0.05) is 39.0 Å². The highest BCUT2D eigenvalue weighted by molar-refractivity contribution is 6.29. The number of rotatable bonds is 6. The quantitative estimate of drug-likeness (QED) is 0.676. The van der Waals surface area contributed by atoms with Crippen molar-refractivity contribution >= 4 is 11.6 Å². The molecule has 0 aliphatic rings. The Kier molecular flexibility index (Phi) is 5.60. The van der Waals surface area contributed by atoms with E-state index in [0.29, 0.717) is 5.03 Å². The molecule has 72 valence electrons. The second-order valence-electron chi connectivity index (χ2n) is 3.21. The van der Waals surface area contributed by atoms with E-state index >= 15 is 0 Å². The summed E-state index contributed by atoms with van der Waals surface area (Å²) in [6.45, 7) is 11.0. The van der Waals surface area contributed by atoms with Gasteiger partial charge >= 0.3 is 0 Å². The molecule has 0 spiro atoms. The molecule has 0 atom stereocenters. The second kappa shape index (κ2) is 5.60. The summed E-state index contributed by atoms with van der Waals surface area (Å²) in [6.07, 6.45) is 3.43. The Balaban J connectivity index is 4.01. The summed E-state index contributed by atoms with van der Waals surface area (Å²) in [6, 6.07) is 0. The molecule has 0 saturated carbocycles. The molecule has 0 rings (SSSR count). The van der Waals surface area contributed by atoms with Crippen LogP contribution in [0.5, 0.6) is 0 Å². The summed E-state index contributed by atoms with van der Waals surface area (Å²) < 4.78 is 0. The van der Waals surface area contributed by atoms with Crippen LogP contribution in [0.1, 0.15) is 40.0 Å². The SMILES string of the molecule is C=C(Cl)CNC(CC)(CC)CC. The van der Waals surface area contributed by atoms with Crippen LogP contribution in [0.15, 0.2) is 11.6 Å². The molecule has 1 nitrogen and oxygen atoms in total. The highest BCUT2D eigenvalue weighted by Gasteiger charge is 2.22. The topological polar surface area (TPSA) is 12.0 Å². The van der Waals surface area contributed by atoms with Gasteiger partial charge in [-0.2, -0.15) is 0 Å². The van der Waals surface area contributed by atoms with Gasteiger partial charge in [-0.25, -0.2) is 0 Å². The summed E-state index contributed by atoms with van der Waals surface area (Å²) in [7, 11) is 0. The van der Waals surface area contributed by atoms with Crippen LogP contribution in [-0.4, -0.2) is 12.1 Å². The lowest BCUT2D eigenvalue weighted by Crippen LogP contribution is -2.44. The zero-order chi connectivity index (χ0) is 9.61. The predicted octanol–water partition coefficient (Wildman–Crippen LogP) is 3.30. The van der Waals surface area contributed by atoms with Crippen molar-refractivity contribution in [3.63, 3.8) is 0 Å². The van der Waals surface area contributed by atoms with E-state index in [1.807, 2.05) is 0 Å². The van der Waals surface area contributed by atoms with Crippen LogP contribution in [-0.2, 0) is 0 Å². The summed E-state index contributed by atoms with van der Waals surface area (Å²) in [5.41, 5.74) is 0.262. The van der Waals surface area contributed by atoms with E-state index in [1.165, 1.54) is 0 Å². The molecule has 0 saturated heterocycles. The highest BCUT2D eigenvalue weighted by Crippen LogP contribution is 2.19. The molecule has 2 heteroatoms. The fourth-order valence-electron chi connectivity index (χ4n) is 1.41. The number of nitrogens with one attached hydrogen (secondary N) is 1. The van der Waals surface area contributed by atoms with Crippen LogP contribution >= 0.6 is 11.6 Å². The van der Waals surface area contributed by atoms with E-state index in [1.54, 1.807) is 0 Å². The zero-order valence-electron chi connectivity index (χ0n) is 8.41. The first-order chi connectivity index (χ1) is 5.60. The van der Waals surface area contributed by atoms with Crippen LogP contribution < -0.4 is 5.32 Å². The van der Waals surface area contributed by atoms with Gasteiger partial charge in [0.1, 0.15) is 0 Å². The molecular weight excluding hydrogens is 170 g/mol. The van der Waals surface area contributed by atoms with Crippen molar-refractivity contribution in [2.24, 2.45) is 0 Å². The molecular formula is C10H20ClN. The summed E-state index contributed by atoms with van der Waals surface area (Å²) in [4.78, 5) is 0. The van der Waals surface area contributed by atoms with Gasteiger partial charge in [-0.05, 0) is 19.3 Å². The molecule has 0 aliphatic heterocycles. The Morgan fingerprint density at radius 1 is 1.25 bits per heavy atom. The molecule has 0 heterocycles. The minimum atomic E-state index is 0.262. The number of hydrogen-bond acceptors (Lipinski definition) is 1. The zero-order valence-corrected chi connectivity index (χ0v) is 9.17. The van der Waals surface area contributed by atoms with E-state index in [4.69, 9.17) is 11.6 Å². The Labute approximate surface area is 81.2 Å². The van der Waals surface area contributed by atoms with Crippen molar-refractivity contribution in [1.82, 2.24) is 5.32 Å². The third-order valence-electron chi connectivity index (χ3n) is 2.69. The van der Waals surface area contributed by atoms with Gasteiger partial charge in [0.15, 0.2) is 0 Å². The van der Waals surface area contributed by atoms with Crippen molar-refractivity contribution in [3.8, 4) is 0 Å². The lowest BCUT2D eigenvalue weighted by Gasteiger charge is -2.31. The predicted molar refractivity (Wildman–Crippen MR) is 56.6 cm³/mol. The molecule has 1 N–H and O–H groups in total.